The maximum absolute atomic E-state index is 13.1. The predicted octanol–water partition coefficient (Wildman–Crippen LogP) is 4.95. The first-order valence-corrected chi connectivity index (χ1v) is 10.9. The SMILES string of the molecule is Cc1ccc(-c2csc(NC(=O)CN(C)CC(=O)Nc3ccccc3C(F)(F)F)n2)cc1C. The molecule has 174 valence electrons. The van der Waals surface area contributed by atoms with Crippen molar-refractivity contribution in [2.24, 2.45) is 0 Å². The van der Waals surface area contributed by atoms with Crippen LogP contribution in [0.25, 0.3) is 11.3 Å². The van der Waals surface area contributed by atoms with E-state index in [0.717, 1.165) is 22.9 Å². The molecule has 1 heterocycles. The summed E-state index contributed by atoms with van der Waals surface area (Å²) in [5.74, 6) is -1.05. The van der Waals surface area contributed by atoms with Crippen LogP contribution in [0.3, 0.4) is 0 Å². The Balaban J connectivity index is 1.54. The van der Waals surface area contributed by atoms with Gasteiger partial charge in [0.25, 0.3) is 0 Å². The Kier molecular flexibility index (Phi) is 7.50. The summed E-state index contributed by atoms with van der Waals surface area (Å²) < 4.78 is 39.2. The van der Waals surface area contributed by atoms with Crippen LogP contribution in [-0.4, -0.2) is 41.8 Å². The molecular formula is C23H23F3N4O2S. The van der Waals surface area contributed by atoms with Gasteiger partial charge in [-0.05, 0) is 50.2 Å². The average Bonchev–Trinajstić information content (AvgIpc) is 3.17. The molecule has 2 aromatic carbocycles. The lowest BCUT2D eigenvalue weighted by Gasteiger charge is -2.17. The van der Waals surface area contributed by atoms with E-state index in [0.29, 0.717) is 5.13 Å². The van der Waals surface area contributed by atoms with Gasteiger partial charge in [0.1, 0.15) is 0 Å². The fourth-order valence-corrected chi connectivity index (χ4v) is 3.83. The molecule has 0 saturated heterocycles. The van der Waals surface area contributed by atoms with Gasteiger partial charge in [-0.15, -0.1) is 11.3 Å². The molecule has 0 bridgehead atoms. The highest BCUT2D eigenvalue weighted by atomic mass is 32.1. The predicted molar refractivity (Wildman–Crippen MR) is 123 cm³/mol. The van der Waals surface area contributed by atoms with E-state index in [1.165, 1.54) is 47.0 Å². The van der Waals surface area contributed by atoms with Gasteiger partial charge in [0.05, 0.1) is 30.0 Å². The average molecular weight is 477 g/mol. The Hall–Kier alpha value is -3.24. The third kappa shape index (κ3) is 6.62. The van der Waals surface area contributed by atoms with Crippen molar-refractivity contribution < 1.29 is 22.8 Å². The van der Waals surface area contributed by atoms with Crippen LogP contribution in [-0.2, 0) is 15.8 Å². The van der Waals surface area contributed by atoms with Crippen molar-refractivity contribution >= 4 is 34.0 Å². The Morgan fingerprint density at radius 2 is 1.67 bits per heavy atom. The van der Waals surface area contributed by atoms with E-state index < -0.39 is 17.6 Å². The van der Waals surface area contributed by atoms with Gasteiger partial charge in [-0.2, -0.15) is 13.2 Å². The number of aromatic nitrogens is 1. The fraction of sp³-hybridized carbons (Fsp3) is 0.261. The maximum atomic E-state index is 13.1. The third-order valence-corrected chi connectivity index (χ3v) is 5.64. The molecule has 3 aromatic rings. The summed E-state index contributed by atoms with van der Waals surface area (Å²) in [6.45, 7) is 3.65. The van der Waals surface area contributed by atoms with Gasteiger partial charge >= 0.3 is 6.18 Å². The molecule has 2 amide bonds. The summed E-state index contributed by atoms with van der Waals surface area (Å²) in [5.41, 5.74) is 2.76. The zero-order chi connectivity index (χ0) is 24.2. The fourth-order valence-electron chi connectivity index (χ4n) is 3.10. The molecule has 0 aliphatic heterocycles. The Bertz CT molecular complexity index is 1160. The van der Waals surface area contributed by atoms with Crippen LogP contribution in [0.2, 0.25) is 0 Å². The molecule has 3 rings (SSSR count). The van der Waals surface area contributed by atoms with Gasteiger partial charge in [0.15, 0.2) is 5.13 Å². The highest BCUT2D eigenvalue weighted by molar-refractivity contribution is 7.14. The van der Waals surface area contributed by atoms with Crippen LogP contribution in [0.4, 0.5) is 24.0 Å². The van der Waals surface area contributed by atoms with Gasteiger partial charge in [-0.25, -0.2) is 4.98 Å². The minimum atomic E-state index is -4.58. The first-order chi connectivity index (χ1) is 15.5. The van der Waals surface area contributed by atoms with E-state index >= 15 is 0 Å². The van der Waals surface area contributed by atoms with Crippen molar-refractivity contribution in [3.05, 3.63) is 64.5 Å². The van der Waals surface area contributed by atoms with E-state index in [9.17, 15) is 22.8 Å². The summed E-state index contributed by atoms with van der Waals surface area (Å²) in [5, 5.41) is 7.21. The highest BCUT2D eigenvalue weighted by Gasteiger charge is 2.33. The van der Waals surface area contributed by atoms with E-state index in [2.05, 4.69) is 15.6 Å². The van der Waals surface area contributed by atoms with Gasteiger partial charge in [-0.1, -0.05) is 24.3 Å². The number of rotatable bonds is 7. The number of nitrogens with zero attached hydrogens (tertiary/aromatic N) is 2. The largest absolute Gasteiger partial charge is 0.418 e. The van der Waals surface area contributed by atoms with Gasteiger partial charge in [0, 0.05) is 10.9 Å². The lowest BCUT2D eigenvalue weighted by Crippen LogP contribution is -2.36. The van der Waals surface area contributed by atoms with E-state index in [1.807, 2.05) is 37.4 Å². The monoisotopic (exact) mass is 476 g/mol. The number of amides is 2. The number of carbonyl (C=O) groups is 2. The molecule has 0 atom stereocenters. The number of hydrogen-bond acceptors (Lipinski definition) is 5. The molecule has 0 spiro atoms. The van der Waals surface area contributed by atoms with Crippen LogP contribution in [0.15, 0.2) is 47.8 Å². The van der Waals surface area contributed by atoms with Crippen LogP contribution >= 0.6 is 11.3 Å². The molecule has 10 heteroatoms. The van der Waals surface area contributed by atoms with Gasteiger partial charge in [-0.3, -0.25) is 14.5 Å². The topological polar surface area (TPSA) is 74.3 Å². The van der Waals surface area contributed by atoms with Crippen LogP contribution < -0.4 is 10.6 Å². The molecule has 0 radical (unpaired) electrons. The molecule has 2 N–H and O–H groups in total. The summed E-state index contributed by atoms with van der Waals surface area (Å²) in [6, 6.07) is 10.7. The maximum Gasteiger partial charge on any atom is 0.418 e. The number of likely N-dealkylation sites (N-methyl/N-ethyl adjacent to an activating group) is 1. The first-order valence-electron chi connectivity index (χ1n) is 10.0. The van der Waals surface area contributed by atoms with Crippen molar-refractivity contribution in [2.45, 2.75) is 20.0 Å². The molecule has 0 fully saturated rings. The zero-order valence-corrected chi connectivity index (χ0v) is 19.1. The molecule has 1 aromatic heterocycles. The number of anilines is 2. The second-order valence-corrected chi connectivity index (χ2v) is 8.51. The third-order valence-electron chi connectivity index (χ3n) is 4.89. The summed E-state index contributed by atoms with van der Waals surface area (Å²) in [6.07, 6.45) is -4.58. The van der Waals surface area contributed by atoms with E-state index in [1.54, 1.807) is 0 Å². The smallest absolute Gasteiger partial charge is 0.324 e. The van der Waals surface area contributed by atoms with E-state index in [4.69, 9.17) is 0 Å². The van der Waals surface area contributed by atoms with Crippen molar-refractivity contribution in [2.75, 3.05) is 30.8 Å². The van der Waals surface area contributed by atoms with Crippen molar-refractivity contribution in [1.82, 2.24) is 9.88 Å². The second-order valence-electron chi connectivity index (χ2n) is 7.65. The standard InChI is InChI=1S/C23H23F3N4O2S/c1-14-8-9-16(10-15(14)2)19-13-33-22(28-19)29-21(32)12-30(3)11-20(31)27-18-7-5-4-6-17(18)23(24,25)26/h4-10,13H,11-12H2,1-3H3,(H,27,31)(H,28,29,32). The van der Waals surface area contributed by atoms with E-state index in [-0.39, 0.29) is 24.7 Å². The van der Waals surface area contributed by atoms with Gasteiger partial charge < -0.3 is 10.6 Å². The lowest BCUT2D eigenvalue weighted by atomic mass is 10.1. The lowest BCUT2D eigenvalue weighted by molar-refractivity contribution is -0.137. The molecule has 0 aliphatic rings. The minimum absolute atomic E-state index is 0.132. The van der Waals surface area contributed by atoms with Crippen molar-refractivity contribution in [3.63, 3.8) is 0 Å². The summed E-state index contributed by atoms with van der Waals surface area (Å²) >= 11 is 1.28. The minimum Gasteiger partial charge on any atom is -0.324 e. The molecule has 0 aliphatic carbocycles. The van der Waals surface area contributed by atoms with Gasteiger partial charge in [0.2, 0.25) is 11.8 Å². The zero-order valence-electron chi connectivity index (χ0n) is 18.3. The number of hydrogen-bond donors (Lipinski definition) is 2. The number of alkyl halides is 3. The molecular weight excluding hydrogens is 453 g/mol. The number of aryl methyl sites for hydroxylation is 2. The van der Waals surface area contributed by atoms with Crippen LogP contribution in [0, 0.1) is 13.8 Å². The number of thiazole rings is 1. The Morgan fingerprint density at radius 1 is 1.00 bits per heavy atom. The van der Waals surface area contributed by atoms with Crippen molar-refractivity contribution in [3.8, 4) is 11.3 Å². The Labute approximate surface area is 193 Å². The number of para-hydroxylation sites is 1. The summed E-state index contributed by atoms with van der Waals surface area (Å²) in [7, 11) is 1.52. The van der Waals surface area contributed by atoms with Crippen LogP contribution in [0.1, 0.15) is 16.7 Å². The quantitative estimate of drug-likeness (QED) is 0.506. The van der Waals surface area contributed by atoms with Crippen molar-refractivity contribution in [1.29, 1.82) is 0 Å². The highest BCUT2D eigenvalue weighted by Crippen LogP contribution is 2.34. The normalized spacial score (nSPS) is 11.5. The molecule has 6 nitrogen and oxygen atoms in total. The second kappa shape index (κ2) is 10.1. The number of nitrogens with one attached hydrogen (secondary N) is 2. The Morgan fingerprint density at radius 3 is 2.33 bits per heavy atom. The molecule has 0 unspecified atom stereocenters. The van der Waals surface area contributed by atoms with Crippen LogP contribution in [0.5, 0.6) is 0 Å². The number of carbonyl (C=O) groups excluding carboxylic acids is 2. The molecule has 33 heavy (non-hydrogen) atoms. The first kappa shape index (κ1) is 24.4. The number of benzene rings is 2. The number of halogens is 3. The summed E-state index contributed by atoms with van der Waals surface area (Å²) in [4.78, 5) is 30.3. The molecule has 0 saturated carbocycles.